The Labute approximate surface area is 200 Å². The second-order valence-corrected chi connectivity index (χ2v) is 9.99. The van der Waals surface area contributed by atoms with Gasteiger partial charge in [0.2, 0.25) is 5.91 Å². The smallest absolute Gasteiger partial charge is 0.426 e. The Morgan fingerprint density at radius 1 is 0.971 bits per heavy atom. The Balaban J connectivity index is 1.83. The number of fused-ring (bicyclic) bond motifs is 3. The summed E-state index contributed by atoms with van der Waals surface area (Å²) in [4.78, 5) is 26.2. The molecule has 0 spiro atoms. The number of hydrogen-bond acceptors (Lipinski definition) is 4. The molecule has 6 nitrogen and oxygen atoms in total. The largest absolute Gasteiger partial charge is 0.475 e. The van der Waals surface area contributed by atoms with Gasteiger partial charge in [-0.1, -0.05) is 45.9 Å². The predicted octanol–water partition coefficient (Wildman–Crippen LogP) is 4.10. The zero-order valence-electron chi connectivity index (χ0n) is 20.3. The van der Waals surface area contributed by atoms with Gasteiger partial charge in [0.05, 0.1) is 18.0 Å². The van der Waals surface area contributed by atoms with Crippen molar-refractivity contribution in [1.82, 2.24) is 9.88 Å². The van der Waals surface area contributed by atoms with Crippen molar-refractivity contribution in [3.63, 3.8) is 0 Å². The molecule has 0 saturated carbocycles. The summed E-state index contributed by atoms with van der Waals surface area (Å²) in [7, 11) is -1.67. The van der Waals surface area contributed by atoms with Crippen LogP contribution in [0.3, 0.4) is 0 Å². The zero-order chi connectivity index (χ0) is 25.0. The van der Waals surface area contributed by atoms with Crippen LogP contribution in [-0.2, 0) is 16.1 Å². The van der Waals surface area contributed by atoms with Crippen LogP contribution < -0.4 is 5.32 Å². The lowest BCUT2D eigenvalue weighted by molar-refractivity contribution is -0.130. The maximum Gasteiger partial charge on any atom is 0.475 e. The highest BCUT2D eigenvalue weighted by molar-refractivity contribution is 6.43. The van der Waals surface area contributed by atoms with Crippen molar-refractivity contribution in [1.29, 1.82) is 0 Å². The van der Waals surface area contributed by atoms with Gasteiger partial charge in [0.25, 0.3) is 0 Å². The van der Waals surface area contributed by atoms with Crippen LogP contribution in [0.5, 0.6) is 0 Å². The molecule has 182 valence electrons. The monoisotopic (exact) mass is 468 g/mol. The number of carbonyl (C=O) groups is 2. The number of rotatable bonds is 11. The van der Waals surface area contributed by atoms with Gasteiger partial charge in [0.1, 0.15) is 5.82 Å². The Bertz CT molecular complexity index is 1160. The average molecular weight is 468 g/mol. The van der Waals surface area contributed by atoms with Gasteiger partial charge in [-0.05, 0) is 48.9 Å². The van der Waals surface area contributed by atoms with E-state index in [1.54, 1.807) is 10.6 Å². The van der Waals surface area contributed by atoms with Crippen molar-refractivity contribution in [2.24, 2.45) is 17.8 Å². The summed E-state index contributed by atoms with van der Waals surface area (Å²) in [5.41, 5.74) is 1.47. The molecule has 0 aliphatic carbocycles. The molecule has 3 rings (SSSR count). The van der Waals surface area contributed by atoms with Crippen molar-refractivity contribution in [2.75, 3.05) is 0 Å². The molecule has 0 radical (unpaired) electrons. The van der Waals surface area contributed by atoms with E-state index in [9.17, 15) is 24.0 Å². The van der Waals surface area contributed by atoms with E-state index in [1.807, 2.05) is 52.0 Å². The standard InChI is InChI=1S/C26H34BFN2O4/c1-16(2)11-18(26(32)29-25(27(33)34)12-17(3)4)13-20(31)15-30-23-8-6-5-7-21(23)22-10-9-19(28)14-24(22)30/h5-10,14,16-18,25,33-34H,11-13,15H2,1-4H3,(H,29,32)/t18-,25+/m1/s1. The van der Waals surface area contributed by atoms with Gasteiger partial charge in [0.15, 0.2) is 5.78 Å². The summed E-state index contributed by atoms with van der Waals surface area (Å²) in [5.74, 6) is -1.92. The number of hydrogen-bond donors (Lipinski definition) is 3. The molecule has 8 heteroatoms. The molecular formula is C26H34BFN2O4. The maximum absolute atomic E-state index is 14.0. The summed E-state index contributed by atoms with van der Waals surface area (Å²) < 4.78 is 15.8. The van der Waals surface area contributed by atoms with Crippen molar-refractivity contribution in [3.05, 3.63) is 48.3 Å². The molecule has 0 aliphatic rings. The minimum atomic E-state index is -1.67. The highest BCUT2D eigenvalue weighted by atomic mass is 19.1. The highest BCUT2D eigenvalue weighted by Crippen LogP contribution is 2.30. The van der Waals surface area contributed by atoms with Gasteiger partial charge in [-0.3, -0.25) is 9.59 Å². The molecule has 0 unspecified atom stereocenters. The van der Waals surface area contributed by atoms with E-state index < -0.39 is 19.0 Å². The fraction of sp³-hybridized carbons (Fsp3) is 0.462. The molecule has 0 bridgehead atoms. The predicted molar refractivity (Wildman–Crippen MR) is 134 cm³/mol. The summed E-state index contributed by atoms with van der Waals surface area (Å²) >= 11 is 0. The van der Waals surface area contributed by atoms with E-state index in [1.165, 1.54) is 12.1 Å². The Hall–Kier alpha value is -2.71. The van der Waals surface area contributed by atoms with Crippen LogP contribution in [0.25, 0.3) is 21.8 Å². The van der Waals surface area contributed by atoms with Gasteiger partial charge >= 0.3 is 7.12 Å². The van der Waals surface area contributed by atoms with Crippen LogP contribution in [0.1, 0.15) is 47.0 Å². The molecule has 0 fully saturated rings. The lowest BCUT2D eigenvalue weighted by Crippen LogP contribution is -2.49. The first-order chi connectivity index (χ1) is 16.1. The van der Waals surface area contributed by atoms with E-state index >= 15 is 0 Å². The van der Waals surface area contributed by atoms with Gasteiger partial charge in [0, 0.05) is 28.6 Å². The van der Waals surface area contributed by atoms with Crippen LogP contribution >= 0.6 is 0 Å². The first kappa shape index (κ1) is 25.9. The first-order valence-electron chi connectivity index (χ1n) is 11.9. The molecule has 3 N–H and O–H groups in total. The Morgan fingerprint density at radius 3 is 2.26 bits per heavy atom. The Kier molecular flexibility index (Phi) is 8.49. The Morgan fingerprint density at radius 2 is 1.62 bits per heavy atom. The summed E-state index contributed by atoms with van der Waals surface area (Å²) in [5, 5.41) is 23.9. The van der Waals surface area contributed by atoms with Crippen LogP contribution in [0, 0.1) is 23.6 Å². The minimum Gasteiger partial charge on any atom is -0.426 e. The molecule has 2 aromatic carbocycles. The van der Waals surface area contributed by atoms with Crippen LogP contribution in [-0.4, -0.2) is 39.4 Å². The van der Waals surface area contributed by atoms with Gasteiger partial charge in [-0.2, -0.15) is 0 Å². The highest BCUT2D eigenvalue weighted by Gasteiger charge is 2.30. The van der Waals surface area contributed by atoms with Crippen molar-refractivity contribution >= 4 is 40.6 Å². The number of carbonyl (C=O) groups excluding carboxylic acids is 2. The molecule has 1 amide bonds. The number of benzene rings is 2. The van der Waals surface area contributed by atoms with Gasteiger partial charge in [-0.15, -0.1) is 0 Å². The number of nitrogens with zero attached hydrogens (tertiary/aromatic N) is 1. The van der Waals surface area contributed by atoms with Crippen molar-refractivity contribution < 1.29 is 24.0 Å². The fourth-order valence-electron chi connectivity index (χ4n) is 4.62. The molecular weight excluding hydrogens is 434 g/mol. The molecule has 34 heavy (non-hydrogen) atoms. The third-order valence-electron chi connectivity index (χ3n) is 6.08. The zero-order valence-corrected chi connectivity index (χ0v) is 20.3. The molecule has 1 aromatic heterocycles. The van der Waals surface area contributed by atoms with Crippen molar-refractivity contribution in [2.45, 2.75) is 59.4 Å². The van der Waals surface area contributed by atoms with E-state index in [-0.39, 0.29) is 42.3 Å². The quantitative estimate of drug-likeness (QED) is 0.370. The van der Waals surface area contributed by atoms with Gasteiger partial charge < -0.3 is 19.9 Å². The number of aromatic nitrogens is 1. The topological polar surface area (TPSA) is 91.6 Å². The summed E-state index contributed by atoms with van der Waals surface area (Å²) in [6.45, 7) is 7.85. The number of amides is 1. The van der Waals surface area contributed by atoms with Crippen LogP contribution in [0.4, 0.5) is 4.39 Å². The molecule has 2 atom stereocenters. The number of ketones is 1. The number of Topliss-reactive ketones (excluding diaryl/α,β-unsaturated/α-hetero) is 1. The number of halogens is 1. The minimum absolute atomic E-state index is 0.0171. The van der Waals surface area contributed by atoms with Crippen molar-refractivity contribution in [3.8, 4) is 0 Å². The lowest BCUT2D eigenvalue weighted by atomic mass is 9.74. The normalized spacial score (nSPS) is 13.6. The molecule has 1 heterocycles. The number of para-hydroxylation sites is 1. The second kappa shape index (κ2) is 11.1. The molecule has 3 aromatic rings. The number of nitrogens with one attached hydrogen (secondary N) is 1. The first-order valence-corrected chi connectivity index (χ1v) is 11.9. The lowest BCUT2D eigenvalue weighted by Gasteiger charge is -2.24. The SMILES string of the molecule is CC(C)C[C@H](CC(=O)Cn1c2ccccc2c2ccc(F)cc21)C(=O)N[C@@H](CC(C)C)B(O)O. The third-order valence-corrected chi connectivity index (χ3v) is 6.08. The van der Waals surface area contributed by atoms with Gasteiger partial charge in [-0.25, -0.2) is 4.39 Å². The third kappa shape index (κ3) is 6.24. The second-order valence-electron chi connectivity index (χ2n) is 9.99. The molecule has 0 saturated heterocycles. The summed E-state index contributed by atoms with van der Waals surface area (Å²) in [6.07, 6.45) is 0.928. The average Bonchev–Trinajstić information content (AvgIpc) is 3.05. The summed E-state index contributed by atoms with van der Waals surface area (Å²) in [6, 6.07) is 12.2. The van der Waals surface area contributed by atoms with E-state index in [4.69, 9.17) is 0 Å². The maximum atomic E-state index is 14.0. The van der Waals surface area contributed by atoms with E-state index in [0.29, 0.717) is 18.4 Å². The van der Waals surface area contributed by atoms with Crippen LogP contribution in [0.2, 0.25) is 0 Å². The van der Waals surface area contributed by atoms with E-state index in [0.717, 1.165) is 16.3 Å². The fourth-order valence-corrected chi connectivity index (χ4v) is 4.62. The van der Waals surface area contributed by atoms with E-state index in [2.05, 4.69) is 5.32 Å². The van der Waals surface area contributed by atoms with Crippen LogP contribution in [0.15, 0.2) is 42.5 Å². The molecule has 0 aliphatic heterocycles.